The van der Waals surface area contributed by atoms with Crippen molar-refractivity contribution < 1.29 is 14.4 Å². The lowest BCUT2D eigenvalue weighted by molar-refractivity contribution is -0.140. The molecule has 2 aliphatic carbocycles. The molecule has 0 spiro atoms. The van der Waals surface area contributed by atoms with Crippen molar-refractivity contribution in [3.63, 3.8) is 0 Å². The van der Waals surface area contributed by atoms with E-state index in [0.717, 1.165) is 23.0 Å². The van der Waals surface area contributed by atoms with Gasteiger partial charge in [-0.2, -0.15) is 0 Å². The molecule has 1 saturated heterocycles. The molecule has 4 atom stereocenters. The summed E-state index contributed by atoms with van der Waals surface area (Å²) >= 11 is 0. The molecule has 1 N–H and O–H groups in total. The minimum atomic E-state index is -0.213. The highest BCUT2D eigenvalue weighted by Crippen LogP contribution is 2.52. The third kappa shape index (κ3) is 2.55. The summed E-state index contributed by atoms with van der Waals surface area (Å²) in [5.74, 6) is -0.466. The van der Waals surface area contributed by atoms with Crippen LogP contribution in [0.4, 0.5) is 5.69 Å². The van der Waals surface area contributed by atoms with Crippen LogP contribution in [0.25, 0.3) is 10.9 Å². The van der Waals surface area contributed by atoms with Crippen molar-refractivity contribution >= 4 is 34.3 Å². The van der Waals surface area contributed by atoms with E-state index in [2.05, 4.69) is 22.5 Å². The van der Waals surface area contributed by atoms with Gasteiger partial charge in [0.2, 0.25) is 17.7 Å². The number of allylic oxidation sites excluding steroid dienone is 2. The highest BCUT2D eigenvalue weighted by Gasteiger charge is 2.58. The molecule has 2 heterocycles. The van der Waals surface area contributed by atoms with Gasteiger partial charge >= 0.3 is 0 Å². The number of fused-ring (bicyclic) bond motifs is 6. The summed E-state index contributed by atoms with van der Waals surface area (Å²) < 4.78 is 0. The fraction of sp³-hybridized carbons (Fsp3) is 0.364. The van der Waals surface area contributed by atoms with Crippen LogP contribution in [0.2, 0.25) is 0 Å². The third-order valence-corrected chi connectivity index (χ3v) is 6.24. The molecule has 6 nitrogen and oxygen atoms in total. The predicted molar refractivity (Wildman–Crippen MR) is 104 cm³/mol. The molecule has 1 aliphatic heterocycles. The Balaban J connectivity index is 1.28. The number of anilines is 1. The Morgan fingerprint density at radius 1 is 1.14 bits per heavy atom. The molecule has 0 unspecified atom stereocenters. The lowest BCUT2D eigenvalue weighted by atomic mass is 9.85. The van der Waals surface area contributed by atoms with Crippen LogP contribution in [0.15, 0.2) is 42.5 Å². The van der Waals surface area contributed by atoms with Crippen LogP contribution in [0.3, 0.4) is 0 Å². The quantitative estimate of drug-likeness (QED) is 0.658. The second-order valence-electron chi connectivity index (χ2n) is 7.95. The van der Waals surface area contributed by atoms with Gasteiger partial charge in [0.1, 0.15) is 0 Å². The SMILES string of the molecule is Cc1cc(NC(=O)CCN2C(=O)[C@H]3[C@H](C2=O)[C@H]2C=C[C@H]3C2)c2ccccc2n1. The zero-order chi connectivity index (χ0) is 19.4. The number of pyridine rings is 1. The second kappa shape index (κ2) is 6.26. The van der Waals surface area contributed by atoms with Gasteiger partial charge in [0.15, 0.2) is 0 Å². The monoisotopic (exact) mass is 375 g/mol. The largest absolute Gasteiger partial charge is 0.325 e. The summed E-state index contributed by atoms with van der Waals surface area (Å²) in [4.78, 5) is 43.7. The number of rotatable bonds is 4. The molecule has 2 fully saturated rings. The van der Waals surface area contributed by atoms with Gasteiger partial charge in [-0.1, -0.05) is 30.4 Å². The fourth-order valence-electron chi connectivity index (χ4n) is 5.02. The van der Waals surface area contributed by atoms with Gasteiger partial charge in [0, 0.05) is 24.0 Å². The molecule has 3 amide bonds. The van der Waals surface area contributed by atoms with Crippen molar-refractivity contribution in [1.29, 1.82) is 0 Å². The number of hydrogen-bond donors (Lipinski definition) is 1. The van der Waals surface area contributed by atoms with Crippen LogP contribution < -0.4 is 5.32 Å². The van der Waals surface area contributed by atoms with Gasteiger partial charge in [-0.05, 0) is 37.3 Å². The molecule has 2 aromatic rings. The van der Waals surface area contributed by atoms with Crippen molar-refractivity contribution in [3.05, 3.63) is 48.2 Å². The first-order chi connectivity index (χ1) is 13.5. The third-order valence-electron chi connectivity index (χ3n) is 6.24. The molecule has 0 radical (unpaired) electrons. The fourth-order valence-corrected chi connectivity index (χ4v) is 5.02. The number of carbonyl (C=O) groups excluding carboxylic acids is 3. The maximum absolute atomic E-state index is 12.7. The van der Waals surface area contributed by atoms with Gasteiger partial charge in [-0.3, -0.25) is 24.3 Å². The van der Waals surface area contributed by atoms with Crippen LogP contribution >= 0.6 is 0 Å². The van der Waals surface area contributed by atoms with Gasteiger partial charge in [-0.15, -0.1) is 0 Å². The van der Waals surface area contributed by atoms with Crippen LogP contribution in [-0.2, 0) is 14.4 Å². The molecule has 1 saturated carbocycles. The lowest BCUT2D eigenvalue weighted by Crippen LogP contribution is -2.35. The topological polar surface area (TPSA) is 79.4 Å². The van der Waals surface area contributed by atoms with E-state index in [1.807, 2.05) is 37.3 Å². The Morgan fingerprint density at radius 3 is 2.54 bits per heavy atom. The number of carbonyl (C=O) groups is 3. The van der Waals surface area contributed by atoms with E-state index in [-0.39, 0.29) is 54.4 Å². The van der Waals surface area contributed by atoms with Crippen molar-refractivity contribution in [2.75, 3.05) is 11.9 Å². The number of nitrogens with zero attached hydrogens (tertiary/aromatic N) is 2. The predicted octanol–water partition coefficient (Wildman–Crippen LogP) is 2.68. The first-order valence-corrected chi connectivity index (χ1v) is 9.73. The summed E-state index contributed by atoms with van der Waals surface area (Å²) in [5, 5.41) is 3.79. The van der Waals surface area contributed by atoms with E-state index in [9.17, 15) is 14.4 Å². The molecule has 6 heteroatoms. The summed E-state index contributed by atoms with van der Waals surface area (Å²) in [6, 6.07) is 9.46. The van der Waals surface area contributed by atoms with Crippen molar-refractivity contribution in [3.8, 4) is 0 Å². The first-order valence-electron chi connectivity index (χ1n) is 9.73. The second-order valence-corrected chi connectivity index (χ2v) is 7.95. The van der Waals surface area contributed by atoms with Crippen molar-refractivity contribution in [2.24, 2.45) is 23.7 Å². The molecular weight excluding hydrogens is 354 g/mol. The van der Waals surface area contributed by atoms with Gasteiger partial charge in [-0.25, -0.2) is 0 Å². The van der Waals surface area contributed by atoms with E-state index in [1.54, 1.807) is 0 Å². The van der Waals surface area contributed by atoms with E-state index in [1.165, 1.54) is 4.90 Å². The lowest BCUT2D eigenvalue weighted by Gasteiger charge is -2.17. The Morgan fingerprint density at radius 2 is 1.82 bits per heavy atom. The molecule has 2 bridgehead atoms. The number of imide groups is 1. The van der Waals surface area contributed by atoms with Gasteiger partial charge in [0.25, 0.3) is 0 Å². The van der Waals surface area contributed by atoms with Gasteiger partial charge in [0.05, 0.1) is 23.0 Å². The van der Waals surface area contributed by atoms with E-state index >= 15 is 0 Å². The molecule has 28 heavy (non-hydrogen) atoms. The highest BCUT2D eigenvalue weighted by atomic mass is 16.2. The Kier molecular flexibility index (Phi) is 3.82. The summed E-state index contributed by atoms with van der Waals surface area (Å²) in [5.41, 5.74) is 2.33. The minimum absolute atomic E-state index is 0.0926. The first kappa shape index (κ1) is 17.1. The van der Waals surface area contributed by atoms with E-state index in [0.29, 0.717) is 5.69 Å². The normalized spacial score (nSPS) is 27.7. The number of hydrogen-bond acceptors (Lipinski definition) is 4. The van der Waals surface area contributed by atoms with E-state index in [4.69, 9.17) is 0 Å². The maximum Gasteiger partial charge on any atom is 0.233 e. The van der Waals surface area contributed by atoms with Gasteiger partial charge < -0.3 is 5.32 Å². The molecular formula is C22H21N3O3. The summed E-state index contributed by atoms with van der Waals surface area (Å²) in [6.07, 6.45) is 5.15. The zero-order valence-corrected chi connectivity index (χ0v) is 15.6. The number of benzene rings is 1. The molecule has 142 valence electrons. The van der Waals surface area contributed by atoms with Crippen LogP contribution in [0.1, 0.15) is 18.5 Å². The summed E-state index contributed by atoms with van der Waals surface area (Å²) in [6.45, 7) is 2.02. The molecule has 5 rings (SSSR count). The van der Waals surface area contributed by atoms with Crippen molar-refractivity contribution in [1.82, 2.24) is 9.88 Å². The number of likely N-dealkylation sites (tertiary alicyclic amines) is 1. The zero-order valence-electron chi connectivity index (χ0n) is 15.6. The minimum Gasteiger partial charge on any atom is -0.325 e. The summed E-state index contributed by atoms with van der Waals surface area (Å²) in [7, 11) is 0. The average Bonchev–Trinajstić information content (AvgIpc) is 3.34. The number of para-hydroxylation sites is 1. The number of amides is 3. The van der Waals surface area contributed by atoms with Crippen molar-refractivity contribution in [2.45, 2.75) is 19.8 Å². The average molecular weight is 375 g/mol. The Bertz CT molecular complexity index is 1010. The van der Waals surface area contributed by atoms with Crippen LogP contribution in [0, 0.1) is 30.6 Å². The molecule has 1 aromatic heterocycles. The Hall–Kier alpha value is -3.02. The maximum atomic E-state index is 12.7. The smallest absolute Gasteiger partial charge is 0.233 e. The standard InChI is InChI=1S/C22H21N3O3/c1-12-10-17(15-4-2-3-5-16(15)23-12)24-18(26)8-9-25-21(27)19-13-6-7-14(11-13)20(19)22(25)28/h2-7,10,13-14,19-20H,8-9,11H2,1H3,(H,23,24,26)/t13-,14-,19+,20+/m0/s1. The number of aromatic nitrogens is 1. The Labute approximate surface area is 162 Å². The van der Waals surface area contributed by atoms with E-state index < -0.39 is 0 Å². The molecule has 1 aromatic carbocycles. The van der Waals surface area contributed by atoms with Crippen LogP contribution in [-0.4, -0.2) is 34.2 Å². The van der Waals surface area contributed by atoms with Crippen LogP contribution in [0.5, 0.6) is 0 Å². The number of nitrogens with one attached hydrogen (secondary N) is 1. The number of aryl methyl sites for hydroxylation is 1. The molecule has 3 aliphatic rings. The highest BCUT2D eigenvalue weighted by molar-refractivity contribution is 6.07.